The summed E-state index contributed by atoms with van der Waals surface area (Å²) in [4.78, 5) is 16.0. The Morgan fingerprint density at radius 3 is 2.97 bits per heavy atom. The van der Waals surface area contributed by atoms with Crippen LogP contribution in [0.1, 0.15) is 28.3 Å². The van der Waals surface area contributed by atoms with Gasteiger partial charge in [0.05, 0.1) is 31.2 Å². The maximum absolute atomic E-state index is 14.1. The summed E-state index contributed by atoms with van der Waals surface area (Å²) in [5.41, 5.74) is 3.49. The van der Waals surface area contributed by atoms with Gasteiger partial charge in [-0.2, -0.15) is 0 Å². The molecule has 6 heteroatoms. The molecule has 0 fully saturated rings. The lowest BCUT2D eigenvalue weighted by atomic mass is 9.91. The third-order valence-electron chi connectivity index (χ3n) is 5.13. The SMILES string of the molecule is COC(=O)c1ccncc1NCC1CCOc2cc(-c3ccccc3F)ccc21. The molecule has 1 N–H and O–H groups in total. The number of aromatic nitrogens is 1. The second-order valence-electron chi connectivity index (χ2n) is 6.86. The van der Waals surface area contributed by atoms with Crippen molar-refractivity contribution < 1.29 is 18.7 Å². The average molecular weight is 392 g/mol. The monoisotopic (exact) mass is 392 g/mol. The van der Waals surface area contributed by atoms with Crippen LogP contribution in [-0.4, -0.2) is 31.2 Å². The number of esters is 1. The van der Waals surface area contributed by atoms with E-state index in [-0.39, 0.29) is 11.7 Å². The zero-order valence-electron chi connectivity index (χ0n) is 16.0. The standard InChI is InChI=1S/C23H21FN2O3/c1-28-23(27)19-8-10-25-14-21(19)26-13-16-9-11-29-22-12-15(6-7-18(16)22)17-4-2-3-5-20(17)24/h2-8,10,12,14,16,26H,9,11,13H2,1H3. The number of hydrogen-bond acceptors (Lipinski definition) is 5. The molecule has 0 saturated heterocycles. The number of nitrogens with zero attached hydrogens (tertiary/aromatic N) is 1. The number of carbonyl (C=O) groups is 1. The summed E-state index contributed by atoms with van der Waals surface area (Å²) >= 11 is 0. The molecule has 1 aliphatic heterocycles. The van der Waals surface area contributed by atoms with E-state index in [2.05, 4.69) is 10.3 Å². The van der Waals surface area contributed by atoms with Crippen LogP contribution in [0.2, 0.25) is 0 Å². The Balaban J connectivity index is 1.55. The number of pyridine rings is 1. The van der Waals surface area contributed by atoms with Crippen LogP contribution >= 0.6 is 0 Å². The molecule has 0 radical (unpaired) electrons. The molecule has 0 spiro atoms. The highest BCUT2D eigenvalue weighted by molar-refractivity contribution is 5.95. The van der Waals surface area contributed by atoms with E-state index in [1.165, 1.54) is 13.2 Å². The van der Waals surface area contributed by atoms with Crippen LogP contribution in [-0.2, 0) is 4.74 Å². The number of nitrogens with one attached hydrogen (secondary N) is 1. The Hall–Kier alpha value is -3.41. The minimum Gasteiger partial charge on any atom is -0.493 e. The molecule has 2 heterocycles. The zero-order chi connectivity index (χ0) is 20.2. The smallest absolute Gasteiger partial charge is 0.340 e. The molecule has 2 aromatic carbocycles. The Morgan fingerprint density at radius 1 is 1.28 bits per heavy atom. The predicted molar refractivity (Wildman–Crippen MR) is 109 cm³/mol. The third-order valence-corrected chi connectivity index (χ3v) is 5.13. The van der Waals surface area contributed by atoms with Crippen molar-refractivity contribution in [3.8, 4) is 16.9 Å². The van der Waals surface area contributed by atoms with E-state index in [0.29, 0.717) is 30.0 Å². The maximum Gasteiger partial charge on any atom is 0.340 e. The molecule has 1 atom stereocenters. The number of rotatable bonds is 5. The highest BCUT2D eigenvalue weighted by Gasteiger charge is 2.23. The highest BCUT2D eigenvalue weighted by Crippen LogP contribution is 2.37. The van der Waals surface area contributed by atoms with Gasteiger partial charge < -0.3 is 14.8 Å². The van der Waals surface area contributed by atoms with Gasteiger partial charge in [-0.25, -0.2) is 9.18 Å². The summed E-state index contributed by atoms with van der Waals surface area (Å²) in [6.45, 7) is 1.20. The van der Waals surface area contributed by atoms with Crippen molar-refractivity contribution in [3.05, 3.63) is 77.9 Å². The fourth-order valence-electron chi connectivity index (χ4n) is 3.59. The van der Waals surface area contributed by atoms with E-state index < -0.39 is 5.97 Å². The molecule has 0 amide bonds. The van der Waals surface area contributed by atoms with Crippen LogP contribution in [0.15, 0.2) is 60.9 Å². The van der Waals surface area contributed by atoms with Crippen molar-refractivity contribution in [2.45, 2.75) is 12.3 Å². The third kappa shape index (κ3) is 3.92. The predicted octanol–water partition coefficient (Wildman–Crippen LogP) is 4.65. The van der Waals surface area contributed by atoms with Gasteiger partial charge in [0.25, 0.3) is 0 Å². The van der Waals surface area contributed by atoms with E-state index in [1.54, 1.807) is 30.6 Å². The first-order valence-electron chi connectivity index (χ1n) is 9.45. The number of fused-ring (bicyclic) bond motifs is 1. The van der Waals surface area contributed by atoms with Gasteiger partial charge in [0, 0.05) is 24.2 Å². The number of benzene rings is 2. The second-order valence-corrected chi connectivity index (χ2v) is 6.86. The summed E-state index contributed by atoms with van der Waals surface area (Å²) in [5, 5.41) is 3.32. The van der Waals surface area contributed by atoms with Gasteiger partial charge in [0.1, 0.15) is 11.6 Å². The number of methoxy groups -OCH3 is 1. The first-order valence-corrected chi connectivity index (χ1v) is 9.45. The molecule has 0 aliphatic carbocycles. The van der Waals surface area contributed by atoms with Crippen LogP contribution in [0, 0.1) is 5.82 Å². The van der Waals surface area contributed by atoms with Gasteiger partial charge in [-0.15, -0.1) is 0 Å². The molecule has 0 saturated carbocycles. The summed E-state index contributed by atoms with van der Waals surface area (Å²) in [6.07, 6.45) is 4.02. The average Bonchev–Trinajstić information content (AvgIpc) is 2.77. The van der Waals surface area contributed by atoms with Gasteiger partial charge in [0.2, 0.25) is 0 Å². The fraction of sp³-hybridized carbons (Fsp3) is 0.217. The molecule has 3 aromatic rings. The summed E-state index contributed by atoms with van der Waals surface area (Å²) in [7, 11) is 1.36. The Morgan fingerprint density at radius 2 is 2.14 bits per heavy atom. The Kier molecular flexibility index (Phi) is 5.42. The van der Waals surface area contributed by atoms with Crippen molar-refractivity contribution in [1.82, 2.24) is 4.98 Å². The molecule has 0 bridgehead atoms. The van der Waals surface area contributed by atoms with E-state index >= 15 is 0 Å². The minimum absolute atomic E-state index is 0.194. The van der Waals surface area contributed by atoms with E-state index in [0.717, 1.165) is 23.3 Å². The summed E-state index contributed by atoms with van der Waals surface area (Å²) in [6, 6.07) is 14.1. The number of anilines is 1. The molecule has 4 rings (SSSR count). The van der Waals surface area contributed by atoms with Crippen molar-refractivity contribution in [2.75, 3.05) is 25.6 Å². The molecule has 1 unspecified atom stereocenters. The largest absolute Gasteiger partial charge is 0.493 e. The molecule has 29 heavy (non-hydrogen) atoms. The fourth-order valence-corrected chi connectivity index (χ4v) is 3.59. The summed E-state index contributed by atoms with van der Waals surface area (Å²) < 4.78 is 24.8. The molecule has 1 aliphatic rings. The number of carbonyl (C=O) groups excluding carboxylic acids is 1. The Bertz CT molecular complexity index is 1040. The lowest BCUT2D eigenvalue weighted by molar-refractivity contribution is 0.0601. The van der Waals surface area contributed by atoms with E-state index in [9.17, 15) is 9.18 Å². The van der Waals surface area contributed by atoms with Crippen molar-refractivity contribution in [1.29, 1.82) is 0 Å². The van der Waals surface area contributed by atoms with Gasteiger partial charge in [-0.3, -0.25) is 4.98 Å². The van der Waals surface area contributed by atoms with Crippen LogP contribution in [0.3, 0.4) is 0 Å². The topological polar surface area (TPSA) is 60.5 Å². The first-order chi connectivity index (χ1) is 14.2. The van der Waals surface area contributed by atoms with Crippen LogP contribution in [0.5, 0.6) is 5.75 Å². The van der Waals surface area contributed by atoms with Crippen LogP contribution < -0.4 is 10.1 Å². The van der Waals surface area contributed by atoms with Gasteiger partial charge >= 0.3 is 5.97 Å². The van der Waals surface area contributed by atoms with Crippen molar-refractivity contribution in [3.63, 3.8) is 0 Å². The molecule has 5 nitrogen and oxygen atoms in total. The van der Waals surface area contributed by atoms with Gasteiger partial charge in [-0.05, 0) is 35.7 Å². The van der Waals surface area contributed by atoms with Crippen LogP contribution in [0.4, 0.5) is 10.1 Å². The number of halogens is 1. The molecular weight excluding hydrogens is 371 g/mol. The zero-order valence-corrected chi connectivity index (χ0v) is 16.0. The maximum atomic E-state index is 14.1. The van der Waals surface area contributed by atoms with Gasteiger partial charge in [0.15, 0.2) is 0 Å². The molecule has 1 aromatic heterocycles. The second kappa shape index (κ2) is 8.31. The minimum atomic E-state index is -0.406. The number of hydrogen-bond donors (Lipinski definition) is 1. The first kappa shape index (κ1) is 18.9. The number of ether oxygens (including phenoxy) is 2. The lowest BCUT2D eigenvalue weighted by Gasteiger charge is -2.27. The van der Waals surface area contributed by atoms with E-state index in [1.807, 2.05) is 24.3 Å². The van der Waals surface area contributed by atoms with Gasteiger partial charge in [-0.1, -0.05) is 30.3 Å². The lowest BCUT2D eigenvalue weighted by Crippen LogP contribution is -2.21. The molecule has 148 valence electrons. The van der Waals surface area contributed by atoms with Crippen molar-refractivity contribution in [2.24, 2.45) is 0 Å². The Labute approximate surface area is 168 Å². The normalized spacial score (nSPS) is 15.2. The summed E-state index contributed by atoms with van der Waals surface area (Å²) in [5.74, 6) is 0.299. The highest BCUT2D eigenvalue weighted by atomic mass is 19.1. The van der Waals surface area contributed by atoms with Crippen molar-refractivity contribution >= 4 is 11.7 Å². The quantitative estimate of drug-likeness (QED) is 0.641. The molecular formula is C23H21FN2O3. The van der Waals surface area contributed by atoms with Crippen LogP contribution in [0.25, 0.3) is 11.1 Å². The van der Waals surface area contributed by atoms with E-state index in [4.69, 9.17) is 9.47 Å².